The lowest BCUT2D eigenvalue weighted by Gasteiger charge is -2.29. The van der Waals surface area contributed by atoms with Crippen LogP contribution in [-0.2, 0) is 10.0 Å². The van der Waals surface area contributed by atoms with Gasteiger partial charge in [0.05, 0.1) is 0 Å². The third kappa shape index (κ3) is 3.77. The van der Waals surface area contributed by atoms with E-state index in [0.29, 0.717) is 30.1 Å². The Hall–Kier alpha value is -2.72. The molecule has 0 aliphatic carbocycles. The van der Waals surface area contributed by atoms with Crippen LogP contribution in [0.2, 0.25) is 0 Å². The first-order valence-electron chi connectivity index (χ1n) is 8.90. The monoisotopic (exact) mass is 423 g/mol. The van der Waals surface area contributed by atoms with Gasteiger partial charge in [-0.2, -0.15) is 9.29 Å². The zero-order valence-electron chi connectivity index (χ0n) is 15.1. The molecule has 1 aliphatic rings. The lowest BCUT2D eigenvalue weighted by Crippen LogP contribution is -2.38. The Kier molecular flexibility index (Phi) is 5.13. The van der Waals surface area contributed by atoms with Crippen LogP contribution in [0.3, 0.4) is 0 Å². The van der Waals surface area contributed by atoms with Gasteiger partial charge >= 0.3 is 0 Å². The molecule has 1 saturated heterocycles. The van der Waals surface area contributed by atoms with Gasteiger partial charge in [-0.25, -0.2) is 21.6 Å². The Bertz CT molecular complexity index is 1100. The summed E-state index contributed by atoms with van der Waals surface area (Å²) in [5, 5.41) is 3.89. The molecule has 0 unspecified atom stereocenters. The van der Waals surface area contributed by atoms with Gasteiger partial charge in [0.25, 0.3) is 0 Å². The van der Waals surface area contributed by atoms with Gasteiger partial charge in [-0.15, -0.1) is 0 Å². The molecule has 29 heavy (non-hydrogen) atoms. The Morgan fingerprint density at radius 3 is 2.21 bits per heavy atom. The fourth-order valence-electron chi connectivity index (χ4n) is 3.32. The highest BCUT2D eigenvalue weighted by atomic mass is 32.2. The number of sulfonamides is 1. The molecule has 0 saturated carbocycles. The normalized spacial score (nSPS) is 16.2. The van der Waals surface area contributed by atoms with Crippen LogP contribution in [0.15, 0.2) is 51.9 Å². The van der Waals surface area contributed by atoms with Gasteiger partial charge in [-0.3, -0.25) is 0 Å². The summed E-state index contributed by atoms with van der Waals surface area (Å²) in [5.41, 5.74) is 0.594. The van der Waals surface area contributed by atoms with Gasteiger partial charge in [0, 0.05) is 24.6 Å². The molecule has 1 aliphatic heterocycles. The largest absolute Gasteiger partial charge is 0.339 e. The fourth-order valence-corrected chi connectivity index (χ4v) is 4.90. The quantitative estimate of drug-likeness (QED) is 0.639. The van der Waals surface area contributed by atoms with Crippen molar-refractivity contribution in [3.63, 3.8) is 0 Å². The van der Waals surface area contributed by atoms with Gasteiger partial charge in [-0.05, 0) is 49.2 Å². The van der Waals surface area contributed by atoms with Gasteiger partial charge in [0.2, 0.25) is 21.7 Å². The molecule has 3 aromatic rings. The van der Waals surface area contributed by atoms with Crippen molar-refractivity contribution in [2.75, 3.05) is 13.1 Å². The van der Waals surface area contributed by atoms with Crippen LogP contribution >= 0.6 is 0 Å². The molecule has 0 radical (unpaired) electrons. The van der Waals surface area contributed by atoms with Gasteiger partial charge in [-0.1, -0.05) is 11.2 Å². The van der Waals surface area contributed by atoms with Crippen LogP contribution in [0.4, 0.5) is 13.2 Å². The van der Waals surface area contributed by atoms with E-state index in [-0.39, 0.29) is 24.8 Å². The molecule has 1 fully saturated rings. The molecular weight excluding hydrogens is 407 g/mol. The maximum atomic E-state index is 13.9. The minimum absolute atomic E-state index is 0.0645. The Morgan fingerprint density at radius 2 is 1.59 bits per heavy atom. The fraction of sp³-hybridized carbons (Fsp3) is 0.263. The zero-order chi connectivity index (χ0) is 20.6. The van der Waals surface area contributed by atoms with Crippen LogP contribution in [0.5, 0.6) is 0 Å². The van der Waals surface area contributed by atoms with Crippen LogP contribution < -0.4 is 0 Å². The maximum Gasteiger partial charge on any atom is 0.248 e. The van der Waals surface area contributed by atoms with Crippen molar-refractivity contribution in [3.8, 4) is 11.4 Å². The van der Waals surface area contributed by atoms with E-state index in [9.17, 15) is 21.6 Å². The first kappa shape index (κ1) is 19.6. The summed E-state index contributed by atoms with van der Waals surface area (Å²) in [6.45, 7) is 0.129. The Balaban J connectivity index is 1.48. The molecule has 0 bridgehead atoms. The number of rotatable bonds is 4. The van der Waals surface area contributed by atoms with Crippen molar-refractivity contribution in [1.82, 2.24) is 14.4 Å². The summed E-state index contributed by atoms with van der Waals surface area (Å²) < 4.78 is 72.5. The van der Waals surface area contributed by atoms with E-state index in [1.165, 1.54) is 24.3 Å². The summed E-state index contributed by atoms with van der Waals surface area (Å²) in [7, 11) is -4.29. The van der Waals surface area contributed by atoms with E-state index < -0.39 is 26.6 Å². The van der Waals surface area contributed by atoms with Gasteiger partial charge < -0.3 is 4.52 Å². The molecule has 152 valence electrons. The third-order valence-corrected chi connectivity index (χ3v) is 6.82. The number of nitrogens with zero attached hydrogens (tertiary/aromatic N) is 3. The van der Waals surface area contributed by atoms with Crippen molar-refractivity contribution >= 4 is 10.0 Å². The molecule has 0 amide bonds. The molecule has 10 heteroatoms. The van der Waals surface area contributed by atoms with Crippen molar-refractivity contribution in [3.05, 3.63) is 65.8 Å². The smallest absolute Gasteiger partial charge is 0.248 e. The van der Waals surface area contributed by atoms with E-state index in [0.717, 1.165) is 22.5 Å². The highest BCUT2D eigenvalue weighted by Gasteiger charge is 2.35. The standard InChI is InChI=1S/C19H16F3N3O3S/c20-14-6-4-12(5-7-14)18-23-19(28-24-18)13-8-10-25(11-9-13)29(26,27)17-15(21)2-1-3-16(17)22/h1-7,13H,8-11H2. The number of hydrogen-bond acceptors (Lipinski definition) is 5. The van der Waals surface area contributed by atoms with Crippen LogP contribution in [0, 0.1) is 17.5 Å². The predicted octanol–water partition coefficient (Wildman–Crippen LogP) is 3.72. The average molecular weight is 423 g/mol. The first-order valence-corrected chi connectivity index (χ1v) is 10.3. The van der Waals surface area contributed by atoms with E-state index in [4.69, 9.17) is 4.52 Å². The van der Waals surface area contributed by atoms with Crippen molar-refractivity contribution in [1.29, 1.82) is 0 Å². The number of aromatic nitrogens is 2. The lowest BCUT2D eigenvalue weighted by atomic mass is 9.98. The molecule has 0 atom stereocenters. The van der Waals surface area contributed by atoms with Crippen molar-refractivity contribution in [2.45, 2.75) is 23.7 Å². The molecule has 4 rings (SSSR count). The van der Waals surface area contributed by atoms with Crippen LogP contribution in [0.25, 0.3) is 11.4 Å². The molecule has 2 heterocycles. The minimum atomic E-state index is -4.29. The molecular formula is C19H16F3N3O3S. The highest BCUT2D eigenvalue weighted by molar-refractivity contribution is 7.89. The summed E-state index contributed by atoms with van der Waals surface area (Å²) in [6.07, 6.45) is 0.723. The van der Waals surface area contributed by atoms with Crippen LogP contribution in [0.1, 0.15) is 24.7 Å². The molecule has 0 N–H and O–H groups in total. The average Bonchev–Trinajstić information content (AvgIpc) is 3.18. The SMILES string of the molecule is O=S(=O)(c1c(F)cccc1F)N1CCC(c2nc(-c3ccc(F)cc3)no2)CC1. The van der Waals surface area contributed by atoms with E-state index in [1.807, 2.05) is 0 Å². The molecule has 0 spiro atoms. The predicted molar refractivity (Wildman–Crippen MR) is 96.8 cm³/mol. The second kappa shape index (κ2) is 7.60. The van der Waals surface area contributed by atoms with Crippen molar-refractivity contribution < 1.29 is 26.1 Å². The van der Waals surface area contributed by atoms with Gasteiger partial charge in [0.15, 0.2) is 4.90 Å². The molecule has 6 nitrogen and oxygen atoms in total. The van der Waals surface area contributed by atoms with Crippen molar-refractivity contribution in [2.24, 2.45) is 0 Å². The molecule has 2 aromatic carbocycles. The Morgan fingerprint density at radius 1 is 0.966 bits per heavy atom. The number of benzene rings is 2. The second-order valence-corrected chi connectivity index (χ2v) is 8.57. The number of piperidine rings is 1. The number of hydrogen-bond donors (Lipinski definition) is 0. The minimum Gasteiger partial charge on any atom is -0.339 e. The van der Waals surface area contributed by atoms with E-state index in [1.54, 1.807) is 0 Å². The van der Waals surface area contributed by atoms with E-state index in [2.05, 4.69) is 10.1 Å². The Labute approximate surface area is 165 Å². The second-order valence-electron chi connectivity index (χ2n) is 6.69. The summed E-state index contributed by atoms with van der Waals surface area (Å²) in [5.74, 6) is -2.14. The zero-order valence-corrected chi connectivity index (χ0v) is 15.9. The van der Waals surface area contributed by atoms with Crippen LogP contribution in [-0.4, -0.2) is 36.0 Å². The van der Waals surface area contributed by atoms with E-state index >= 15 is 0 Å². The number of halogens is 3. The maximum absolute atomic E-state index is 13.9. The van der Waals surface area contributed by atoms with Gasteiger partial charge in [0.1, 0.15) is 17.5 Å². The molecule has 1 aromatic heterocycles. The first-order chi connectivity index (χ1) is 13.9. The third-order valence-electron chi connectivity index (χ3n) is 4.86. The topological polar surface area (TPSA) is 76.3 Å². The highest BCUT2D eigenvalue weighted by Crippen LogP contribution is 2.32. The summed E-state index contributed by atoms with van der Waals surface area (Å²) in [6, 6.07) is 8.58. The summed E-state index contributed by atoms with van der Waals surface area (Å²) in [4.78, 5) is 3.38. The lowest BCUT2D eigenvalue weighted by molar-refractivity contribution is 0.269. The summed E-state index contributed by atoms with van der Waals surface area (Å²) >= 11 is 0.